The largest absolute Gasteiger partial charge is 0.381 e. The number of benzene rings is 2. The molecule has 5 rings (SSSR count). The van der Waals surface area contributed by atoms with Gasteiger partial charge >= 0.3 is 0 Å². The van der Waals surface area contributed by atoms with E-state index in [1.165, 1.54) is 22.9 Å². The van der Waals surface area contributed by atoms with Crippen molar-refractivity contribution in [1.29, 1.82) is 0 Å². The van der Waals surface area contributed by atoms with Crippen molar-refractivity contribution in [2.75, 3.05) is 19.8 Å². The number of carbonyl (C=O) groups is 3. The average Bonchev–Trinajstić information content (AvgIpc) is 3.35. The number of carbonyl (C=O) groups excluding carboxylic acids is 3. The third kappa shape index (κ3) is 5.62. The summed E-state index contributed by atoms with van der Waals surface area (Å²) in [5, 5.41) is 4.48. The Morgan fingerprint density at radius 1 is 1.15 bits per heavy atom. The van der Waals surface area contributed by atoms with E-state index in [1.807, 2.05) is 0 Å². The number of Topliss-reactive ketones (excluding diaryl/α,β-unsaturated/α-hetero) is 1. The van der Waals surface area contributed by atoms with Crippen LogP contribution in [0.2, 0.25) is 5.02 Å². The lowest BCUT2D eigenvalue weighted by Crippen LogP contribution is -2.45. The fraction of sp³-hybridized carbons (Fsp3) is 0.345. The van der Waals surface area contributed by atoms with E-state index in [-0.39, 0.29) is 59.8 Å². The molecule has 0 bridgehead atoms. The topological polar surface area (TPSA) is 112 Å². The maximum atomic E-state index is 13.9. The smallest absolute Gasteiger partial charge is 0.252 e. The Morgan fingerprint density at radius 3 is 2.52 bits per heavy atom. The first kappa shape index (κ1) is 27.5. The minimum absolute atomic E-state index is 0.0141. The van der Waals surface area contributed by atoms with Crippen LogP contribution in [0.5, 0.6) is 0 Å². The second-order valence-corrected chi connectivity index (χ2v) is 10.5. The molecule has 0 radical (unpaired) electrons. The highest BCUT2D eigenvalue weighted by atomic mass is 35.5. The maximum absolute atomic E-state index is 13.9. The molecule has 2 aliphatic rings. The molecule has 1 atom stereocenters. The average molecular weight is 564 g/mol. The summed E-state index contributed by atoms with van der Waals surface area (Å²) in [4.78, 5) is 44.8. The van der Waals surface area contributed by atoms with E-state index in [4.69, 9.17) is 28.6 Å². The summed E-state index contributed by atoms with van der Waals surface area (Å²) in [6, 6.07) is 9.87. The van der Waals surface area contributed by atoms with Gasteiger partial charge < -0.3 is 15.4 Å². The Hall–Kier alpha value is -4.07. The summed E-state index contributed by atoms with van der Waals surface area (Å²) in [7, 11) is 0. The van der Waals surface area contributed by atoms with E-state index in [0.29, 0.717) is 30.2 Å². The number of ether oxygens (including phenoxy) is 1. The van der Waals surface area contributed by atoms with Crippen LogP contribution in [-0.4, -0.2) is 52.0 Å². The Balaban J connectivity index is 1.52. The van der Waals surface area contributed by atoms with E-state index in [2.05, 4.69) is 9.94 Å². The highest BCUT2D eigenvalue weighted by Crippen LogP contribution is 2.35. The first-order valence-corrected chi connectivity index (χ1v) is 13.3. The van der Waals surface area contributed by atoms with Gasteiger partial charge in [-0.2, -0.15) is 5.10 Å². The second-order valence-electron chi connectivity index (χ2n) is 10.1. The number of primary amides is 1. The van der Waals surface area contributed by atoms with Crippen molar-refractivity contribution in [3.05, 3.63) is 81.5 Å². The molecular weight excluding hydrogens is 537 g/mol. The molecule has 0 aliphatic carbocycles. The van der Waals surface area contributed by atoms with Crippen molar-refractivity contribution in [3.63, 3.8) is 0 Å². The third-order valence-electron chi connectivity index (χ3n) is 7.45. The minimum atomic E-state index is -0.831. The number of halogens is 2. The number of nitrogens with zero attached hydrogens (tertiary/aromatic N) is 4. The molecule has 2 N–H and O–H groups in total. The monoisotopic (exact) mass is 563 g/mol. The van der Waals surface area contributed by atoms with Crippen LogP contribution in [0.25, 0.3) is 16.1 Å². The molecule has 3 aromatic rings. The van der Waals surface area contributed by atoms with Gasteiger partial charge in [0.1, 0.15) is 17.6 Å². The number of amides is 2. The molecule has 40 heavy (non-hydrogen) atoms. The summed E-state index contributed by atoms with van der Waals surface area (Å²) >= 11 is 6.01. The molecule has 1 saturated heterocycles. The molecule has 9 nitrogen and oxygen atoms in total. The third-order valence-corrected chi connectivity index (χ3v) is 7.74. The van der Waals surface area contributed by atoms with Gasteiger partial charge in [-0.15, -0.1) is 0 Å². The van der Waals surface area contributed by atoms with Gasteiger partial charge in [0.2, 0.25) is 5.91 Å². The van der Waals surface area contributed by atoms with Crippen molar-refractivity contribution in [3.8, 4) is 11.3 Å². The molecular formula is C29H27ClFN5O4. The Labute approximate surface area is 235 Å². The van der Waals surface area contributed by atoms with E-state index in [0.717, 1.165) is 18.4 Å². The maximum Gasteiger partial charge on any atom is 0.252 e. The van der Waals surface area contributed by atoms with Crippen LogP contribution >= 0.6 is 11.6 Å². The van der Waals surface area contributed by atoms with Crippen LogP contribution in [0.4, 0.5) is 10.1 Å². The number of fused-ring (bicyclic) bond motifs is 1. The summed E-state index contributed by atoms with van der Waals surface area (Å²) in [5.41, 5.74) is 7.95. The summed E-state index contributed by atoms with van der Waals surface area (Å²) in [5.74, 6) is -1.60. The standard InChI is InChI=1S/C29H27ClFN5O4/c1-33-20-5-2-17(3-6-20)13-26(38)35-15-23(25(37)12-18-8-10-40-11-9-18)36-24(16-35)27(29(32)39)28(34-36)19-4-7-22(31)21(30)14-19/h2-7,14,18,23H,8-13,15-16H2,(H2,32,39). The quantitative estimate of drug-likeness (QED) is 0.425. The Morgan fingerprint density at radius 2 is 1.88 bits per heavy atom. The van der Waals surface area contributed by atoms with Crippen molar-refractivity contribution in [2.45, 2.75) is 38.3 Å². The number of rotatable bonds is 7. The molecule has 2 aliphatic heterocycles. The number of aromatic nitrogens is 2. The first-order valence-electron chi connectivity index (χ1n) is 13.0. The molecule has 1 fully saturated rings. The fourth-order valence-corrected chi connectivity index (χ4v) is 5.47. The first-order chi connectivity index (χ1) is 19.2. The van der Waals surface area contributed by atoms with Gasteiger partial charge in [0.15, 0.2) is 11.5 Å². The van der Waals surface area contributed by atoms with Crippen molar-refractivity contribution in [2.24, 2.45) is 11.7 Å². The molecule has 0 spiro atoms. The van der Waals surface area contributed by atoms with Crippen LogP contribution in [0.15, 0.2) is 42.5 Å². The van der Waals surface area contributed by atoms with Crippen LogP contribution in [-0.2, 0) is 27.3 Å². The van der Waals surface area contributed by atoms with Crippen LogP contribution in [0.1, 0.15) is 46.9 Å². The van der Waals surface area contributed by atoms with Gasteiger partial charge in [-0.25, -0.2) is 9.24 Å². The molecule has 206 valence electrons. The molecule has 1 unspecified atom stereocenters. The predicted molar refractivity (Wildman–Crippen MR) is 145 cm³/mol. The van der Waals surface area contributed by atoms with Gasteiger partial charge in [0, 0.05) is 25.2 Å². The summed E-state index contributed by atoms with van der Waals surface area (Å²) < 4.78 is 20.8. The molecule has 2 aromatic carbocycles. The van der Waals surface area contributed by atoms with Crippen molar-refractivity contribution < 1.29 is 23.5 Å². The number of hydrogen-bond donors (Lipinski definition) is 1. The SMILES string of the molecule is [C-]#[N+]c1ccc(CC(=O)N2Cc3c(C(N)=O)c(-c4ccc(F)c(Cl)c4)nn3C(C(=O)CC3CCOCC3)C2)cc1. The van der Waals surface area contributed by atoms with Crippen molar-refractivity contribution >= 4 is 34.9 Å². The van der Waals surface area contributed by atoms with E-state index >= 15 is 0 Å². The Kier molecular flexibility index (Phi) is 7.96. The van der Waals surface area contributed by atoms with E-state index < -0.39 is 17.8 Å². The molecule has 1 aromatic heterocycles. The molecule has 11 heteroatoms. The van der Waals surface area contributed by atoms with Gasteiger partial charge in [0.05, 0.1) is 42.4 Å². The minimum Gasteiger partial charge on any atom is -0.381 e. The zero-order valence-corrected chi connectivity index (χ0v) is 22.4. The molecule has 2 amide bonds. The summed E-state index contributed by atoms with van der Waals surface area (Å²) in [6.45, 7) is 8.40. The fourth-order valence-electron chi connectivity index (χ4n) is 5.29. The van der Waals surface area contributed by atoms with Crippen molar-refractivity contribution in [1.82, 2.24) is 14.7 Å². The van der Waals surface area contributed by atoms with Crippen LogP contribution < -0.4 is 5.73 Å². The van der Waals surface area contributed by atoms with Crippen LogP contribution in [0, 0.1) is 18.3 Å². The highest BCUT2D eigenvalue weighted by Gasteiger charge is 2.38. The molecule has 0 saturated carbocycles. The van der Waals surface area contributed by atoms with Gasteiger partial charge in [-0.1, -0.05) is 35.9 Å². The van der Waals surface area contributed by atoms with Gasteiger partial charge in [-0.3, -0.25) is 19.1 Å². The Bertz CT molecular complexity index is 1510. The normalized spacial score (nSPS) is 17.2. The zero-order valence-electron chi connectivity index (χ0n) is 21.6. The number of ketones is 1. The lowest BCUT2D eigenvalue weighted by molar-refractivity contribution is -0.134. The molecule has 3 heterocycles. The van der Waals surface area contributed by atoms with Crippen LogP contribution in [0.3, 0.4) is 0 Å². The number of hydrogen-bond acceptors (Lipinski definition) is 5. The predicted octanol–water partition coefficient (Wildman–Crippen LogP) is 4.50. The van der Waals surface area contributed by atoms with Gasteiger partial charge in [-0.05, 0) is 42.5 Å². The lowest BCUT2D eigenvalue weighted by atomic mass is 9.91. The van der Waals surface area contributed by atoms with E-state index in [1.54, 1.807) is 29.2 Å². The highest BCUT2D eigenvalue weighted by molar-refractivity contribution is 6.31. The lowest BCUT2D eigenvalue weighted by Gasteiger charge is -2.34. The van der Waals surface area contributed by atoms with E-state index in [9.17, 15) is 18.8 Å². The summed E-state index contributed by atoms with van der Waals surface area (Å²) in [6.07, 6.45) is 1.87. The van der Waals surface area contributed by atoms with Gasteiger partial charge in [0.25, 0.3) is 5.91 Å². The second kappa shape index (κ2) is 11.6. The number of nitrogens with two attached hydrogens (primary N) is 1. The zero-order chi connectivity index (χ0) is 28.4.